The van der Waals surface area contributed by atoms with Gasteiger partial charge in [-0.2, -0.15) is 0 Å². The number of hydrogen-bond donors (Lipinski definition) is 3. The number of para-hydroxylation sites is 1. The van der Waals surface area contributed by atoms with Crippen molar-refractivity contribution in [2.45, 2.75) is 19.5 Å². The van der Waals surface area contributed by atoms with Crippen LogP contribution in [0.3, 0.4) is 0 Å². The molecule has 1 unspecified atom stereocenters. The van der Waals surface area contributed by atoms with Crippen LogP contribution in [0.2, 0.25) is 5.02 Å². The Morgan fingerprint density at radius 1 is 1.15 bits per heavy atom. The zero-order valence-electron chi connectivity index (χ0n) is 11.3. The van der Waals surface area contributed by atoms with E-state index < -0.39 is 0 Å². The van der Waals surface area contributed by atoms with Gasteiger partial charge in [-0.05, 0) is 30.2 Å². The molecule has 0 fully saturated rings. The Labute approximate surface area is 123 Å². The van der Waals surface area contributed by atoms with Gasteiger partial charge in [-0.3, -0.25) is 0 Å². The molecule has 0 bridgehead atoms. The van der Waals surface area contributed by atoms with E-state index in [1.165, 1.54) is 0 Å². The van der Waals surface area contributed by atoms with Crippen LogP contribution < -0.4 is 5.32 Å². The second kappa shape index (κ2) is 6.75. The average molecular weight is 292 g/mol. The van der Waals surface area contributed by atoms with Gasteiger partial charge in [0.05, 0.1) is 12.6 Å². The lowest BCUT2D eigenvalue weighted by atomic mass is 10.1. The van der Waals surface area contributed by atoms with Crippen molar-refractivity contribution in [3.8, 4) is 5.75 Å². The van der Waals surface area contributed by atoms with Crippen LogP contribution >= 0.6 is 11.6 Å². The van der Waals surface area contributed by atoms with Gasteiger partial charge in [0.1, 0.15) is 5.75 Å². The number of phenolic OH excluding ortho intramolecular Hbond substituents is 1. The SMILES string of the molecule is Cc1cccc(CNC(CO)c2ccc(Cl)cc2)c1O. The number of aliphatic hydroxyl groups is 1. The Bertz CT molecular complexity index is 569. The quantitative estimate of drug-likeness (QED) is 0.793. The summed E-state index contributed by atoms with van der Waals surface area (Å²) >= 11 is 5.85. The molecule has 0 aromatic heterocycles. The summed E-state index contributed by atoms with van der Waals surface area (Å²) < 4.78 is 0. The van der Waals surface area contributed by atoms with Crippen LogP contribution in [0.5, 0.6) is 5.75 Å². The maximum Gasteiger partial charge on any atom is 0.122 e. The summed E-state index contributed by atoms with van der Waals surface area (Å²) in [5.41, 5.74) is 2.62. The lowest BCUT2D eigenvalue weighted by Crippen LogP contribution is -2.24. The van der Waals surface area contributed by atoms with E-state index in [1.807, 2.05) is 37.3 Å². The van der Waals surface area contributed by atoms with Gasteiger partial charge in [0, 0.05) is 17.1 Å². The van der Waals surface area contributed by atoms with Crippen LogP contribution in [-0.2, 0) is 6.54 Å². The lowest BCUT2D eigenvalue weighted by molar-refractivity contribution is 0.243. The van der Waals surface area contributed by atoms with Crippen molar-refractivity contribution in [3.63, 3.8) is 0 Å². The second-order valence-electron chi connectivity index (χ2n) is 4.75. The van der Waals surface area contributed by atoms with Gasteiger partial charge < -0.3 is 15.5 Å². The van der Waals surface area contributed by atoms with Crippen LogP contribution in [0.15, 0.2) is 42.5 Å². The predicted octanol–water partition coefficient (Wildman–Crippen LogP) is 3.18. The van der Waals surface area contributed by atoms with Crippen molar-refractivity contribution in [3.05, 3.63) is 64.2 Å². The molecule has 2 aromatic carbocycles. The highest BCUT2D eigenvalue weighted by molar-refractivity contribution is 6.30. The minimum absolute atomic E-state index is 0.0196. The molecule has 0 radical (unpaired) electrons. The molecular weight excluding hydrogens is 274 g/mol. The predicted molar refractivity (Wildman–Crippen MR) is 81.0 cm³/mol. The molecule has 3 N–H and O–H groups in total. The summed E-state index contributed by atoms with van der Waals surface area (Å²) in [5, 5.41) is 23.4. The number of rotatable bonds is 5. The summed E-state index contributed by atoms with van der Waals surface area (Å²) in [5.74, 6) is 0.299. The molecule has 0 aliphatic carbocycles. The lowest BCUT2D eigenvalue weighted by Gasteiger charge is -2.17. The molecule has 0 heterocycles. The first-order chi connectivity index (χ1) is 9.61. The first-order valence-electron chi connectivity index (χ1n) is 6.49. The first-order valence-corrected chi connectivity index (χ1v) is 6.86. The van der Waals surface area contributed by atoms with Gasteiger partial charge in [0.2, 0.25) is 0 Å². The van der Waals surface area contributed by atoms with E-state index in [2.05, 4.69) is 5.32 Å². The van der Waals surface area contributed by atoms with Crippen molar-refractivity contribution in [1.29, 1.82) is 0 Å². The van der Waals surface area contributed by atoms with Crippen molar-refractivity contribution in [1.82, 2.24) is 5.32 Å². The van der Waals surface area contributed by atoms with Gasteiger partial charge in [0.15, 0.2) is 0 Å². The van der Waals surface area contributed by atoms with Crippen LogP contribution in [0.1, 0.15) is 22.7 Å². The Morgan fingerprint density at radius 2 is 1.85 bits per heavy atom. The van der Waals surface area contributed by atoms with Crippen molar-refractivity contribution in [2.24, 2.45) is 0 Å². The number of phenols is 1. The van der Waals surface area contributed by atoms with E-state index in [1.54, 1.807) is 12.1 Å². The maximum atomic E-state index is 9.97. The van der Waals surface area contributed by atoms with Crippen LogP contribution in [0, 0.1) is 6.92 Å². The standard InChI is InChI=1S/C16H18ClNO2/c1-11-3-2-4-13(16(11)20)9-18-15(10-19)12-5-7-14(17)8-6-12/h2-8,15,18-20H,9-10H2,1H3. The Kier molecular flexibility index (Phi) is 5.01. The highest BCUT2D eigenvalue weighted by atomic mass is 35.5. The van der Waals surface area contributed by atoms with Gasteiger partial charge in [-0.25, -0.2) is 0 Å². The minimum Gasteiger partial charge on any atom is -0.507 e. The Morgan fingerprint density at radius 3 is 2.50 bits per heavy atom. The molecule has 0 saturated heterocycles. The fourth-order valence-corrected chi connectivity index (χ4v) is 2.20. The first kappa shape index (κ1) is 14.9. The molecule has 0 saturated carbocycles. The van der Waals surface area contributed by atoms with Gasteiger partial charge in [0.25, 0.3) is 0 Å². The highest BCUT2D eigenvalue weighted by Crippen LogP contribution is 2.22. The summed E-state index contributed by atoms with van der Waals surface area (Å²) in [6, 6.07) is 12.8. The number of benzene rings is 2. The molecule has 3 nitrogen and oxygen atoms in total. The average Bonchev–Trinajstić information content (AvgIpc) is 2.45. The highest BCUT2D eigenvalue weighted by Gasteiger charge is 2.11. The van der Waals surface area contributed by atoms with E-state index in [9.17, 15) is 10.2 Å². The number of aliphatic hydroxyl groups excluding tert-OH is 1. The monoisotopic (exact) mass is 291 g/mol. The van der Waals surface area contributed by atoms with E-state index in [0.717, 1.165) is 16.7 Å². The summed E-state index contributed by atoms with van der Waals surface area (Å²) in [6.07, 6.45) is 0. The molecule has 1 atom stereocenters. The Balaban J connectivity index is 2.07. The third kappa shape index (κ3) is 3.51. The van der Waals surface area contributed by atoms with Crippen molar-refractivity contribution < 1.29 is 10.2 Å². The smallest absolute Gasteiger partial charge is 0.122 e. The summed E-state index contributed by atoms with van der Waals surface area (Å²) in [4.78, 5) is 0. The minimum atomic E-state index is -0.188. The largest absolute Gasteiger partial charge is 0.507 e. The van der Waals surface area contributed by atoms with Gasteiger partial charge in [-0.15, -0.1) is 0 Å². The molecule has 0 aliphatic rings. The molecule has 106 valence electrons. The Hall–Kier alpha value is -1.55. The molecule has 2 rings (SSSR count). The van der Waals surface area contributed by atoms with E-state index >= 15 is 0 Å². The molecule has 0 aliphatic heterocycles. The van der Waals surface area contributed by atoms with Crippen molar-refractivity contribution >= 4 is 11.6 Å². The fourth-order valence-electron chi connectivity index (χ4n) is 2.08. The third-order valence-corrected chi connectivity index (χ3v) is 3.57. The van der Waals surface area contributed by atoms with E-state index in [0.29, 0.717) is 17.3 Å². The molecule has 4 heteroatoms. The third-order valence-electron chi connectivity index (χ3n) is 3.32. The molecule has 0 amide bonds. The van der Waals surface area contributed by atoms with Crippen LogP contribution in [0.4, 0.5) is 0 Å². The second-order valence-corrected chi connectivity index (χ2v) is 5.19. The number of nitrogens with one attached hydrogen (secondary N) is 1. The normalized spacial score (nSPS) is 12.3. The fraction of sp³-hybridized carbons (Fsp3) is 0.250. The zero-order valence-corrected chi connectivity index (χ0v) is 12.1. The molecular formula is C16H18ClNO2. The number of hydrogen-bond acceptors (Lipinski definition) is 3. The molecule has 2 aromatic rings. The maximum absolute atomic E-state index is 9.97. The topological polar surface area (TPSA) is 52.5 Å². The van der Waals surface area contributed by atoms with Gasteiger partial charge >= 0.3 is 0 Å². The summed E-state index contributed by atoms with van der Waals surface area (Å²) in [7, 11) is 0. The number of aromatic hydroxyl groups is 1. The van der Waals surface area contributed by atoms with E-state index in [-0.39, 0.29) is 12.6 Å². The number of aryl methyl sites for hydroxylation is 1. The number of halogens is 1. The summed E-state index contributed by atoms with van der Waals surface area (Å²) in [6.45, 7) is 2.33. The zero-order chi connectivity index (χ0) is 14.5. The van der Waals surface area contributed by atoms with Gasteiger partial charge in [-0.1, -0.05) is 41.9 Å². The van der Waals surface area contributed by atoms with Crippen molar-refractivity contribution in [2.75, 3.05) is 6.61 Å². The van der Waals surface area contributed by atoms with Crippen LogP contribution in [-0.4, -0.2) is 16.8 Å². The van der Waals surface area contributed by atoms with E-state index in [4.69, 9.17) is 11.6 Å². The molecule has 0 spiro atoms. The molecule has 20 heavy (non-hydrogen) atoms. The van der Waals surface area contributed by atoms with Crippen LogP contribution in [0.25, 0.3) is 0 Å².